The lowest BCUT2D eigenvalue weighted by Gasteiger charge is -2.39. The standard InChI is InChI=1S/C16H25N5/c1-14(2)19-16(3,12-17)13-20-8-10-21(11-9-20)15-6-4-5-7-18-15/h4-7,14,19H,8-11,13H2,1-3H3. The summed E-state index contributed by atoms with van der Waals surface area (Å²) < 4.78 is 0. The van der Waals surface area contributed by atoms with Gasteiger partial charge >= 0.3 is 0 Å². The molecule has 1 aromatic heterocycles. The number of piperazine rings is 1. The van der Waals surface area contributed by atoms with E-state index in [0.29, 0.717) is 6.04 Å². The first-order valence-corrected chi connectivity index (χ1v) is 7.60. The van der Waals surface area contributed by atoms with Crippen LogP contribution < -0.4 is 10.2 Å². The summed E-state index contributed by atoms with van der Waals surface area (Å²) in [4.78, 5) is 9.06. The van der Waals surface area contributed by atoms with Gasteiger partial charge in [0, 0.05) is 45.0 Å². The highest BCUT2D eigenvalue weighted by molar-refractivity contribution is 5.38. The number of nitriles is 1. The van der Waals surface area contributed by atoms with Gasteiger partial charge in [-0.3, -0.25) is 10.2 Å². The molecule has 0 amide bonds. The summed E-state index contributed by atoms with van der Waals surface area (Å²) in [6.07, 6.45) is 1.83. The number of anilines is 1. The molecule has 1 aliphatic rings. The van der Waals surface area contributed by atoms with Crippen molar-refractivity contribution in [2.75, 3.05) is 37.6 Å². The van der Waals surface area contributed by atoms with Gasteiger partial charge in [0.1, 0.15) is 11.4 Å². The number of hydrogen-bond donors (Lipinski definition) is 1. The molecule has 1 N–H and O–H groups in total. The molecule has 114 valence electrons. The molecular formula is C16H25N5. The van der Waals surface area contributed by atoms with Crippen molar-refractivity contribution in [3.05, 3.63) is 24.4 Å². The van der Waals surface area contributed by atoms with Gasteiger partial charge in [-0.25, -0.2) is 4.98 Å². The molecule has 1 aliphatic heterocycles. The molecule has 0 spiro atoms. The van der Waals surface area contributed by atoms with Crippen molar-refractivity contribution < 1.29 is 0 Å². The molecule has 0 bridgehead atoms. The van der Waals surface area contributed by atoms with E-state index in [1.54, 1.807) is 0 Å². The fourth-order valence-corrected chi connectivity index (χ4v) is 2.87. The predicted octanol–water partition coefficient (Wildman–Crippen LogP) is 1.48. The summed E-state index contributed by atoms with van der Waals surface area (Å²) in [5.74, 6) is 1.04. The Balaban J connectivity index is 1.88. The Morgan fingerprint density at radius 2 is 2.05 bits per heavy atom. The second kappa shape index (κ2) is 6.88. The number of hydrogen-bond acceptors (Lipinski definition) is 5. The molecule has 2 heterocycles. The molecule has 0 aromatic carbocycles. The molecule has 5 heteroatoms. The fraction of sp³-hybridized carbons (Fsp3) is 0.625. The van der Waals surface area contributed by atoms with Crippen LogP contribution in [0.25, 0.3) is 0 Å². The molecule has 0 radical (unpaired) electrons. The van der Waals surface area contributed by atoms with Gasteiger partial charge in [0.25, 0.3) is 0 Å². The van der Waals surface area contributed by atoms with E-state index in [4.69, 9.17) is 0 Å². The first kappa shape index (κ1) is 15.7. The van der Waals surface area contributed by atoms with Crippen LogP contribution in [-0.2, 0) is 0 Å². The average molecular weight is 287 g/mol. The van der Waals surface area contributed by atoms with Crippen molar-refractivity contribution >= 4 is 5.82 Å². The Bertz CT molecular complexity index is 473. The van der Waals surface area contributed by atoms with Crippen LogP contribution in [-0.4, -0.2) is 54.2 Å². The maximum atomic E-state index is 9.44. The Morgan fingerprint density at radius 1 is 1.33 bits per heavy atom. The Hall–Kier alpha value is -1.64. The first-order valence-electron chi connectivity index (χ1n) is 7.60. The zero-order valence-electron chi connectivity index (χ0n) is 13.2. The van der Waals surface area contributed by atoms with Crippen LogP contribution in [0, 0.1) is 11.3 Å². The predicted molar refractivity (Wildman–Crippen MR) is 85.2 cm³/mol. The number of nitrogens with one attached hydrogen (secondary N) is 1. The lowest BCUT2D eigenvalue weighted by Crippen LogP contribution is -2.56. The van der Waals surface area contributed by atoms with E-state index in [0.717, 1.165) is 38.5 Å². The van der Waals surface area contributed by atoms with E-state index in [1.165, 1.54) is 0 Å². The molecule has 5 nitrogen and oxygen atoms in total. The molecule has 1 aromatic rings. The van der Waals surface area contributed by atoms with E-state index >= 15 is 0 Å². The maximum absolute atomic E-state index is 9.44. The van der Waals surface area contributed by atoms with Crippen LogP contribution in [0.1, 0.15) is 20.8 Å². The van der Waals surface area contributed by atoms with Crippen molar-refractivity contribution in [1.82, 2.24) is 15.2 Å². The molecule has 1 saturated heterocycles. The van der Waals surface area contributed by atoms with Crippen molar-refractivity contribution in [1.29, 1.82) is 5.26 Å². The minimum Gasteiger partial charge on any atom is -0.354 e. The second-order valence-corrected chi connectivity index (χ2v) is 6.19. The van der Waals surface area contributed by atoms with Gasteiger partial charge in [-0.2, -0.15) is 5.26 Å². The van der Waals surface area contributed by atoms with Gasteiger partial charge in [-0.05, 0) is 32.9 Å². The zero-order valence-corrected chi connectivity index (χ0v) is 13.2. The van der Waals surface area contributed by atoms with Crippen LogP contribution in [0.5, 0.6) is 0 Å². The maximum Gasteiger partial charge on any atom is 0.128 e. The normalized spacial score (nSPS) is 19.3. The molecule has 1 fully saturated rings. The number of aromatic nitrogens is 1. The number of rotatable bonds is 5. The Morgan fingerprint density at radius 3 is 2.57 bits per heavy atom. The Labute approximate surface area is 127 Å². The molecule has 0 aliphatic carbocycles. The Kier molecular flexibility index (Phi) is 5.16. The first-order chi connectivity index (χ1) is 10.0. The number of nitrogens with zero attached hydrogens (tertiary/aromatic N) is 4. The second-order valence-electron chi connectivity index (χ2n) is 6.19. The van der Waals surface area contributed by atoms with Gasteiger partial charge in [-0.15, -0.1) is 0 Å². The quantitative estimate of drug-likeness (QED) is 0.889. The van der Waals surface area contributed by atoms with E-state index in [9.17, 15) is 5.26 Å². The zero-order chi connectivity index (χ0) is 15.3. The summed E-state index contributed by atoms with van der Waals surface area (Å²) in [6, 6.07) is 8.74. The van der Waals surface area contributed by atoms with Crippen LogP contribution >= 0.6 is 0 Å². The molecule has 1 atom stereocenters. The number of pyridine rings is 1. The highest BCUT2D eigenvalue weighted by atomic mass is 15.3. The van der Waals surface area contributed by atoms with E-state index in [-0.39, 0.29) is 0 Å². The molecule has 21 heavy (non-hydrogen) atoms. The van der Waals surface area contributed by atoms with Crippen LogP contribution in [0.3, 0.4) is 0 Å². The largest absolute Gasteiger partial charge is 0.354 e. The van der Waals surface area contributed by atoms with E-state index < -0.39 is 5.54 Å². The fourth-order valence-electron chi connectivity index (χ4n) is 2.87. The van der Waals surface area contributed by atoms with Crippen LogP contribution in [0.2, 0.25) is 0 Å². The minimum absolute atomic E-state index is 0.310. The van der Waals surface area contributed by atoms with Gasteiger partial charge in [0.2, 0.25) is 0 Å². The summed E-state index contributed by atoms with van der Waals surface area (Å²) in [7, 11) is 0. The van der Waals surface area contributed by atoms with E-state index in [2.05, 4.69) is 46.1 Å². The van der Waals surface area contributed by atoms with Crippen molar-refractivity contribution in [3.63, 3.8) is 0 Å². The van der Waals surface area contributed by atoms with Gasteiger partial charge in [0.15, 0.2) is 0 Å². The molecule has 1 unspecified atom stereocenters. The monoisotopic (exact) mass is 287 g/mol. The summed E-state index contributed by atoms with van der Waals surface area (Å²) in [6.45, 7) is 10.8. The lowest BCUT2D eigenvalue weighted by atomic mass is 10.0. The highest BCUT2D eigenvalue weighted by Crippen LogP contribution is 2.14. The molecular weight excluding hydrogens is 262 g/mol. The third kappa shape index (κ3) is 4.42. The van der Waals surface area contributed by atoms with Gasteiger partial charge < -0.3 is 4.90 Å². The average Bonchev–Trinajstić information content (AvgIpc) is 2.48. The third-order valence-electron chi connectivity index (χ3n) is 3.74. The molecule has 2 rings (SSSR count). The minimum atomic E-state index is -0.485. The third-order valence-corrected chi connectivity index (χ3v) is 3.74. The van der Waals surface area contributed by atoms with Gasteiger partial charge in [0.05, 0.1) is 6.07 Å². The lowest BCUT2D eigenvalue weighted by molar-refractivity contribution is 0.203. The summed E-state index contributed by atoms with van der Waals surface area (Å²) >= 11 is 0. The summed E-state index contributed by atoms with van der Waals surface area (Å²) in [5.41, 5.74) is -0.485. The van der Waals surface area contributed by atoms with Crippen LogP contribution in [0.4, 0.5) is 5.82 Å². The molecule has 0 saturated carbocycles. The SMILES string of the molecule is CC(C)NC(C)(C#N)CN1CCN(c2ccccn2)CC1. The smallest absolute Gasteiger partial charge is 0.128 e. The van der Waals surface area contributed by atoms with Crippen molar-refractivity contribution in [3.8, 4) is 6.07 Å². The van der Waals surface area contributed by atoms with E-state index in [1.807, 2.05) is 25.3 Å². The summed E-state index contributed by atoms with van der Waals surface area (Å²) in [5, 5.41) is 12.8. The topological polar surface area (TPSA) is 55.2 Å². The van der Waals surface area contributed by atoms with Gasteiger partial charge in [-0.1, -0.05) is 6.07 Å². The van der Waals surface area contributed by atoms with Crippen molar-refractivity contribution in [2.45, 2.75) is 32.4 Å². The van der Waals surface area contributed by atoms with Crippen LogP contribution in [0.15, 0.2) is 24.4 Å². The highest BCUT2D eigenvalue weighted by Gasteiger charge is 2.29. The van der Waals surface area contributed by atoms with Crippen molar-refractivity contribution in [2.24, 2.45) is 0 Å².